The Hall–Kier alpha value is -2.23. The van der Waals surface area contributed by atoms with E-state index in [2.05, 4.69) is 22.9 Å². The lowest BCUT2D eigenvalue weighted by atomic mass is 10.1. The molecule has 0 aliphatic carbocycles. The number of anilines is 2. The summed E-state index contributed by atoms with van der Waals surface area (Å²) in [4.78, 5) is 20.0. The molecular weight excluding hydrogens is 250 g/mol. The standard InChI is InChI=1S/C16H19N3O/c1-3-18-10-11-19(15-7-5-4-6-14(15)18)16(20)13-8-9-17-12(13)2/h4-9,17H,3,10-11H2,1-2H3. The Morgan fingerprint density at radius 2 is 1.95 bits per heavy atom. The number of benzene rings is 1. The second-order valence-corrected chi connectivity index (χ2v) is 5.04. The van der Waals surface area contributed by atoms with E-state index in [4.69, 9.17) is 0 Å². The number of para-hydroxylation sites is 2. The summed E-state index contributed by atoms with van der Waals surface area (Å²) in [5.41, 5.74) is 3.82. The van der Waals surface area contributed by atoms with E-state index in [0.717, 1.165) is 42.3 Å². The van der Waals surface area contributed by atoms with E-state index in [1.54, 1.807) is 0 Å². The third-order valence-corrected chi connectivity index (χ3v) is 3.92. The molecule has 0 unspecified atom stereocenters. The van der Waals surface area contributed by atoms with Crippen LogP contribution in [-0.4, -0.2) is 30.5 Å². The van der Waals surface area contributed by atoms with Crippen molar-refractivity contribution in [1.29, 1.82) is 0 Å². The number of carbonyl (C=O) groups is 1. The van der Waals surface area contributed by atoms with E-state index in [-0.39, 0.29) is 5.91 Å². The fourth-order valence-electron chi connectivity index (χ4n) is 2.79. The number of aromatic amines is 1. The number of aromatic nitrogens is 1. The number of carbonyl (C=O) groups excluding carboxylic acids is 1. The lowest BCUT2D eigenvalue weighted by Gasteiger charge is -2.37. The summed E-state index contributed by atoms with van der Waals surface area (Å²) in [6, 6.07) is 9.98. The van der Waals surface area contributed by atoms with Crippen LogP contribution in [0.2, 0.25) is 0 Å². The largest absolute Gasteiger partial charge is 0.368 e. The normalized spacial score (nSPS) is 14.3. The van der Waals surface area contributed by atoms with Gasteiger partial charge in [-0.3, -0.25) is 4.79 Å². The summed E-state index contributed by atoms with van der Waals surface area (Å²) >= 11 is 0. The molecule has 3 rings (SSSR count). The van der Waals surface area contributed by atoms with Crippen molar-refractivity contribution in [3.05, 3.63) is 47.8 Å². The van der Waals surface area contributed by atoms with Gasteiger partial charge in [-0.05, 0) is 32.0 Å². The first-order chi connectivity index (χ1) is 9.72. The summed E-state index contributed by atoms with van der Waals surface area (Å²) in [5.74, 6) is 0.0759. The van der Waals surface area contributed by atoms with Gasteiger partial charge in [0.05, 0.1) is 16.9 Å². The molecular formula is C16H19N3O. The summed E-state index contributed by atoms with van der Waals surface area (Å²) in [7, 11) is 0. The van der Waals surface area contributed by atoms with Crippen LogP contribution in [0.15, 0.2) is 36.5 Å². The third-order valence-electron chi connectivity index (χ3n) is 3.92. The van der Waals surface area contributed by atoms with E-state index < -0.39 is 0 Å². The van der Waals surface area contributed by atoms with Gasteiger partial charge in [-0.25, -0.2) is 0 Å². The van der Waals surface area contributed by atoms with Gasteiger partial charge in [0, 0.05) is 31.5 Å². The second-order valence-electron chi connectivity index (χ2n) is 5.04. The molecule has 0 saturated heterocycles. The van der Waals surface area contributed by atoms with E-state index in [9.17, 15) is 4.79 Å². The van der Waals surface area contributed by atoms with Crippen molar-refractivity contribution in [3.8, 4) is 0 Å². The van der Waals surface area contributed by atoms with Crippen LogP contribution in [0.1, 0.15) is 23.0 Å². The van der Waals surface area contributed by atoms with E-state index in [1.807, 2.05) is 42.3 Å². The Bertz CT molecular complexity index is 632. The number of amides is 1. The molecule has 0 atom stereocenters. The zero-order valence-electron chi connectivity index (χ0n) is 11.9. The quantitative estimate of drug-likeness (QED) is 0.910. The van der Waals surface area contributed by atoms with Crippen LogP contribution in [0.25, 0.3) is 0 Å². The van der Waals surface area contributed by atoms with Gasteiger partial charge in [0.2, 0.25) is 0 Å². The van der Waals surface area contributed by atoms with Gasteiger partial charge in [-0.1, -0.05) is 12.1 Å². The molecule has 1 amide bonds. The molecule has 1 aliphatic heterocycles. The average Bonchev–Trinajstić information content (AvgIpc) is 2.91. The number of fused-ring (bicyclic) bond motifs is 1. The van der Waals surface area contributed by atoms with Crippen molar-refractivity contribution in [2.75, 3.05) is 29.4 Å². The number of aryl methyl sites for hydroxylation is 1. The lowest BCUT2D eigenvalue weighted by molar-refractivity contribution is 0.0986. The van der Waals surface area contributed by atoms with Gasteiger partial charge >= 0.3 is 0 Å². The predicted octanol–water partition coefficient (Wildman–Crippen LogP) is 2.81. The maximum absolute atomic E-state index is 12.7. The molecule has 1 aliphatic rings. The number of hydrogen-bond acceptors (Lipinski definition) is 2. The minimum atomic E-state index is 0.0759. The monoisotopic (exact) mass is 269 g/mol. The molecule has 0 spiro atoms. The van der Waals surface area contributed by atoms with Gasteiger partial charge < -0.3 is 14.8 Å². The first-order valence-corrected chi connectivity index (χ1v) is 7.02. The Kier molecular flexibility index (Phi) is 3.22. The number of nitrogens with zero attached hydrogens (tertiary/aromatic N) is 2. The minimum Gasteiger partial charge on any atom is -0.368 e. The van der Waals surface area contributed by atoms with Crippen molar-refractivity contribution >= 4 is 17.3 Å². The molecule has 104 valence electrons. The highest BCUT2D eigenvalue weighted by atomic mass is 16.2. The van der Waals surface area contributed by atoms with Crippen molar-refractivity contribution in [3.63, 3.8) is 0 Å². The fourth-order valence-corrected chi connectivity index (χ4v) is 2.79. The van der Waals surface area contributed by atoms with Crippen LogP contribution in [0, 0.1) is 6.92 Å². The van der Waals surface area contributed by atoms with Gasteiger partial charge in [-0.15, -0.1) is 0 Å². The molecule has 4 nitrogen and oxygen atoms in total. The van der Waals surface area contributed by atoms with Crippen molar-refractivity contribution < 1.29 is 4.79 Å². The highest BCUT2D eigenvalue weighted by Gasteiger charge is 2.27. The molecule has 1 N–H and O–H groups in total. The van der Waals surface area contributed by atoms with Crippen molar-refractivity contribution in [2.24, 2.45) is 0 Å². The molecule has 0 fully saturated rings. The number of rotatable bonds is 2. The SMILES string of the molecule is CCN1CCN(C(=O)c2cc[nH]c2C)c2ccccc21. The molecule has 4 heteroatoms. The van der Waals surface area contributed by atoms with Crippen LogP contribution >= 0.6 is 0 Å². The Morgan fingerprint density at radius 3 is 2.60 bits per heavy atom. The average molecular weight is 269 g/mol. The maximum atomic E-state index is 12.7. The molecule has 1 aromatic carbocycles. The maximum Gasteiger partial charge on any atom is 0.260 e. The van der Waals surface area contributed by atoms with Crippen LogP contribution in [0.3, 0.4) is 0 Å². The van der Waals surface area contributed by atoms with Gasteiger partial charge in [-0.2, -0.15) is 0 Å². The molecule has 1 aromatic heterocycles. The first-order valence-electron chi connectivity index (χ1n) is 7.02. The first kappa shape index (κ1) is 12.8. The number of likely N-dealkylation sites (N-methyl/N-ethyl adjacent to an activating group) is 1. The lowest BCUT2D eigenvalue weighted by Crippen LogP contribution is -2.44. The molecule has 0 bridgehead atoms. The molecule has 0 saturated carbocycles. The molecule has 0 radical (unpaired) electrons. The molecule has 2 aromatic rings. The van der Waals surface area contributed by atoms with E-state index in [0.29, 0.717) is 0 Å². The summed E-state index contributed by atoms with van der Waals surface area (Å²) in [6.07, 6.45) is 1.82. The van der Waals surface area contributed by atoms with Crippen LogP contribution in [0.5, 0.6) is 0 Å². The summed E-state index contributed by atoms with van der Waals surface area (Å²) < 4.78 is 0. The van der Waals surface area contributed by atoms with Gasteiger partial charge in [0.25, 0.3) is 5.91 Å². The highest BCUT2D eigenvalue weighted by molar-refractivity contribution is 6.09. The Labute approximate surface area is 119 Å². The van der Waals surface area contributed by atoms with Crippen molar-refractivity contribution in [1.82, 2.24) is 4.98 Å². The van der Waals surface area contributed by atoms with Crippen molar-refractivity contribution in [2.45, 2.75) is 13.8 Å². The van der Waals surface area contributed by atoms with E-state index in [1.165, 1.54) is 0 Å². The smallest absolute Gasteiger partial charge is 0.260 e. The molecule has 20 heavy (non-hydrogen) atoms. The zero-order valence-corrected chi connectivity index (χ0v) is 11.9. The third kappa shape index (κ3) is 1.97. The predicted molar refractivity (Wildman–Crippen MR) is 81.5 cm³/mol. The second kappa shape index (κ2) is 5.04. The zero-order chi connectivity index (χ0) is 14.1. The fraction of sp³-hybridized carbons (Fsp3) is 0.312. The Balaban J connectivity index is 2.00. The van der Waals surface area contributed by atoms with Crippen LogP contribution in [0.4, 0.5) is 11.4 Å². The number of H-pyrrole nitrogens is 1. The molecule has 2 heterocycles. The topological polar surface area (TPSA) is 39.3 Å². The summed E-state index contributed by atoms with van der Waals surface area (Å²) in [6.45, 7) is 6.64. The minimum absolute atomic E-state index is 0.0759. The number of hydrogen-bond donors (Lipinski definition) is 1. The summed E-state index contributed by atoms with van der Waals surface area (Å²) in [5, 5.41) is 0. The number of nitrogens with one attached hydrogen (secondary N) is 1. The van der Waals surface area contributed by atoms with Crippen LogP contribution < -0.4 is 9.80 Å². The van der Waals surface area contributed by atoms with Gasteiger partial charge in [0.15, 0.2) is 0 Å². The van der Waals surface area contributed by atoms with Crippen LogP contribution in [-0.2, 0) is 0 Å². The Morgan fingerprint density at radius 1 is 1.20 bits per heavy atom. The highest BCUT2D eigenvalue weighted by Crippen LogP contribution is 2.33. The van der Waals surface area contributed by atoms with Gasteiger partial charge in [0.1, 0.15) is 0 Å². The van der Waals surface area contributed by atoms with E-state index >= 15 is 0 Å².